The summed E-state index contributed by atoms with van der Waals surface area (Å²) in [6, 6.07) is 14.2. The number of morpholine rings is 2. The monoisotopic (exact) mass is 591 g/mol. The van der Waals surface area contributed by atoms with Gasteiger partial charge in [-0.25, -0.2) is 4.99 Å². The van der Waals surface area contributed by atoms with Crippen molar-refractivity contribution in [1.29, 1.82) is 0 Å². The third-order valence-corrected chi connectivity index (χ3v) is 8.24. The minimum atomic E-state index is -0.949. The first-order chi connectivity index (χ1) is 20.4. The lowest BCUT2D eigenvalue weighted by Gasteiger charge is -2.37. The molecule has 2 unspecified atom stereocenters. The lowest BCUT2D eigenvalue weighted by Crippen LogP contribution is -2.43. The number of hydrogen-bond acceptors (Lipinski definition) is 10. The number of fused-ring (bicyclic) bond motifs is 1. The van der Waals surface area contributed by atoms with E-state index in [1.54, 1.807) is 12.1 Å². The van der Waals surface area contributed by atoms with E-state index < -0.39 is 22.7 Å². The van der Waals surface area contributed by atoms with E-state index in [4.69, 9.17) is 41.8 Å². The Balaban J connectivity index is 1.62. The summed E-state index contributed by atoms with van der Waals surface area (Å²) in [5.74, 6) is -0.890. The van der Waals surface area contributed by atoms with Gasteiger partial charge in [0.05, 0.1) is 37.3 Å². The molecule has 12 nitrogen and oxygen atoms in total. The second-order valence-electron chi connectivity index (χ2n) is 10.3. The van der Waals surface area contributed by atoms with Crippen LogP contribution < -0.4 is 15.5 Å². The fourth-order valence-electron chi connectivity index (χ4n) is 5.82. The summed E-state index contributed by atoms with van der Waals surface area (Å²) in [4.78, 5) is 43.8. The number of halogens is 1. The third kappa shape index (κ3) is 5.40. The van der Waals surface area contributed by atoms with E-state index >= 15 is 0 Å². The first-order valence-electron chi connectivity index (χ1n) is 13.8. The van der Waals surface area contributed by atoms with Crippen LogP contribution >= 0.6 is 11.6 Å². The van der Waals surface area contributed by atoms with Crippen molar-refractivity contribution in [3.05, 3.63) is 80.4 Å². The van der Waals surface area contributed by atoms with Crippen LogP contribution in [0.25, 0.3) is 0 Å². The van der Waals surface area contributed by atoms with Crippen LogP contribution in [-0.2, 0) is 20.7 Å². The first-order valence-corrected chi connectivity index (χ1v) is 14.2. The molecule has 1 amide bonds. The molecule has 218 valence electrons. The van der Waals surface area contributed by atoms with Gasteiger partial charge in [-0.3, -0.25) is 14.9 Å². The van der Waals surface area contributed by atoms with Crippen molar-refractivity contribution in [2.75, 3.05) is 62.4 Å². The number of aliphatic imine (C=N–C) groups is 1. The number of anilines is 2. The zero-order valence-electron chi connectivity index (χ0n) is 22.8. The van der Waals surface area contributed by atoms with Gasteiger partial charge in [0.15, 0.2) is 5.82 Å². The maximum absolute atomic E-state index is 13.3. The zero-order chi connectivity index (χ0) is 29.2. The average Bonchev–Trinajstić information content (AvgIpc) is 3.01. The van der Waals surface area contributed by atoms with E-state index in [0.717, 1.165) is 5.56 Å². The average molecular weight is 592 g/mol. The number of rotatable bonds is 7. The van der Waals surface area contributed by atoms with Gasteiger partial charge in [-0.15, -0.1) is 0 Å². The summed E-state index contributed by atoms with van der Waals surface area (Å²) in [6.07, 6.45) is 0.334. The SMILES string of the molecule is NC(=O)C1C(Cc2ccccc2)=Nc2nc(N3CCOCC3)nc(N3CCOCC3)c2C1c1cccc([N+](=O)[O-])c1Cl. The topological polar surface area (TPSA) is 149 Å². The minimum absolute atomic E-state index is 0.0594. The number of primary amides is 1. The highest BCUT2D eigenvalue weighted by Crippen LogP contribution is 2.49. The first kappa shape index (κ1) is 28.0. The number of carbonyl (C=O) groups excluding carboxylic acids is 1. The van der Waals surface area contributed by atoms with E-state index in [2.05, 4.69) is 9.80 Å². The molecule has 0 radical (unpaired) electrons. The Kier molecular flexibility index (Phi) is 8.00. The fourth-order valence-corrected chi connectivity index (χ4v) is 6.13. The zero-order valence-corrected chi connectivity index (χ0v) is 23.6. The summed E-state index contributed by atoms with van der Waals surface area (Å²) < 4.78 is 11.2. The second-order valence-corrected chi connectivity index (χ2v) is 10.7. The van der Waals surface area contributed by atoms with Gasteiger partial charge in [-0.1, -0.05) is 54.1 Å². The molecule has 6 rings (SSSR count). The van der Waals surface area contributed by atoms with Gasteiger partial charge in [0.25, 0.3) is 5.69 Å². The lowest BCUT2D eigenvalue weighted by molar-refractivity contribution is -0.384. The molecule has 0 saturated carbocycles. The highest BCUT2D eigenvalue weighted by molar-refractivity contribution is 6.33. The van der Waals surface area contributed by atoms with Crippen LogP contribution in [0.1, 0.15) is 22.6 Å². The molecule has 2 saturated heterocycles. The van der Waals surface area contributed by atoms with Crippen molar-refractivity contribution >= 4 is 46.5 Å². The molecular formula is C29H30ClN7O5. The number of hydrogen-bond donors (Lipinski definition) is 1. The van der Waals surface area contributed by atoms with Gasteiger partial charge in [0.2, 0.25) is 11.9 Å². The number of ether oxygens (including phenoxy) is 2. The number of benzene rings is 2. The number of amides is 1. The molecule has 0 bridgehead atoms. The van der Waals surface area contributed by atoms with Crippen molar-refractivity contribution in [2.24, 2.45) is 16.6 Å². The molecule has 3 aliphatic heterocycles. The molecular weight excluding hydrogens is 562 g/mol. The molecule has 0 aliphatic carbocycles. The number of carbonyl (C=O) groups is 1. The number of nitro groups is 1. The summed E-state index contributed by atoms with van der Waals surface area (Å²) in [5.41, 5.74) is 8.27. The molecule has 42 heavy (non-hydrogen) atoms. The standard InChI is InChI=1S/C29H30ClN7O5/c30-25-19(7-4-8-21(25)37(39)40)22-23(26(31)38)20(17-18-5-2-1-3-6-18)32-27-24(22)28(35-9-13-41-14-10-35)34-29(33-27)36-11-15-42-16-12-36/h1-8,22-23H,9-17H2,(H2,31,38). The molecule has 3 aliphatic rings. The number of nitrogens with zero attached hydrogens (tertiary/aromatic N) is 6. The maximum atomic E-state index is 13.3. The van der Waals surface area contributed by atoms with Gasteiger partial charge < -0.3 is 25.0 Å². The van der Waals surface area contributed by atoms with Crippen LogP contribution in [0.15, 0.2) is 53.5 Å². The molecule has 2 fully saturated rings. The predicted octanol–water partition coefficient (Wildman–Crippen LogP) is 3.27. The van der Waals surface area contributed by atoms with Crippen molar-refractivity contribution in [1.82, 2.24) is 9.97 Å². The number of aromatic nitrogens is 2. The smallest absolute Gasteiger partial charge is 0.288 e. The molecule has 2 atom stereocenters. The quantitative estimate of drug-likeness (QED) is 0.322. The highest BCUT2D eigenvalue weighted by atomic mass is 35.5. The lowest BCUT2D eigenvalue weighted by atomic mass is 9.74. The largest absolute Gasteiger partial charge is 0.378 e. The number of nitrogens with two attached hydrogens (primary N) is 1. The third-order valence-electron chi connectivity index (χ3n) is 7.83. The molecule has 4 heterocycles. The fraction of sp³-hybridized carbons (Fsp3) is 0.379. The maximum Gasteiger partial charge on any atom is 0.288 e. The normalized spacial score (nSPS) is 20.5. The van der Waals surface area contributed by atoms with Crippen LogP contribution in [-0.4, -0.2) is 79.1 Å². The molecule has 3 aromatic rings. The Bertz CT molecular complexity index is 1520. The van der Waals surface area contributed by atoms with Gasteiger partial charge in [0.1, 0.15) is 10.8 Å². The summed E-state index contributed by atoms with van der Waals surface area (Å²) >= 11 is 6.74. The van der Waals surface area contributed by atoms with Crippen molar-refractivity contribution in [3.8, 4) is 0 Å². The molecule has 13 heteroatoms. The van der Waals surface area contributed by atoms with E-state index in [-0.39, 0.29) is 10.7 Å². The van der Waals surface area contributed by atoms with Gasteiger partial charge >= 0.3 is 0 Å². The van der Waals surface area contributed by atoms with Crippen LogP contribution in [0.4, 0.5) is 23.3 Å². The molecule has 2 aromatic carbocycles. The Labute approximate surface area is 247 Å². The summed E-state index contributed by atoms with van der Waals surface area (Å²) in [6.45, 7) is 4.44. The number of nitro benzene ring substituents is 1. The van der Waals surface area contributed by atoms with E-state index in [9.17, 15) is 14.9 Å². The highest BCUT2D eigenvalue weighted by Gasteiger charge is 2.44. The second kappa shape index (κ2) is 12.0. The van der Waals surface area contributed by atoms with Crippen LogP contribution in [0, 0.1) is 16.0 Å². The van der Waals surface area contributed by atoms with E-state index in [1.807, 2.05) is 30.3 Å². The van der Waals surface area contributed by atoms with Crippen molar-refractivity contribution < 1.29 is 19.2 Å². The summed E-state index contributed by atoms with van der Waals surface area (Å²) in [7, 11) is 0. The van der Waals surface area contributed by atoms with Gasteiger partial charge in [-0.2, -0.15) is 9.97 Å². The Hall–Kier alpha value is -4.13. The van der Waals surface area contributed by atoms with Crippen molar-refractivity contribution in [2.45, 2.75) is 12.3 Å². The van der Waals surface area contributed by atoms with E-state index in [1.165, 1.54) is 6.07 Å². The minimum Gasteiger partial charge on any atom is -0.378 e. The van der Waals surface area contributed by atoms with E-state index in [0.29, 0.717) is 93.5 Å². The van der Waals surface area contributed by atoms with Crippen LogP contribution in [0.2, 0.25) is 5.02 Å². The Morgan fingerprint density at radius 1 is 0.976 bits per heavy atom. The Morgan fingerprint density at radius 3 is 2.29 bits per heavy atom. The molecule has 0 spiro atoms. The van der Waals surface area contributed by atoms with Crippen LogP contribution in [0.3, 0.4) is 0 Å². The summed E-state index contributed by atoms with van der Waals surface area (Å²) in [5, 5.41) is 11.8. The van der Waals surface area contributed by atoms with Gasteiger partial charge in [0, 0.05) is 55.9 Å². The van der Waals surface area contributed by atoms with Crippen molar-refractivity contribution in [3.63, 3.8) is 0 Å². The Morgan fingerprint density at radius 2 is 1.64 bits per heavy atom. The van der Waals surface area contributed by atoms with Gasteiger partial charge in [-0.05, 0) is 11.1 Å². The predicted molar refractivity (Wildman–Crippen MR) is 158 cm³/mol. The molecule has 1 aromatic heterocycles. The van der Waals surface area contributed by atoms with Crippen LogP contribution in [0.5, 0.6) is 0 Å². The molecule has 2 N–H and O–H groups in total.